The molecule has 2 atom stereocenters. The van der Waals surface area contributed by atoms with Gasteiger partial charge in [-0.3, -0.25) is 4.79 Å². The number of fused-ring (bicyclic) bond motifs is 1. The largest absolute Gasteiger partial charge is 0.338 e. The highest BCUT2D eigenvalue weighted by molar-refractivity contribution is 6.34. The van der Waals surface area contributed by atoms with Crippen molar-refractivity contribution in [3.8, 4) is 11.1 Å². The summed E-state index contributed by atoms with van der Waals surface area (Å²) in [5.41, 5.74) is 2.74. The molecular formula is C19H20Cl2N2O. The predicted octanol–water partition coefficient (Wildman–Crippen LogP) is 3.72. The molecule has 2 aliphatic rings. The normalized spacial score (nSPS) is 22.1. The van der Waals surface area contributed by atoms with Gasteiger partial charge in [-0.25, -0.2) is 0 Å². The van der Waals surface area contributed by atoms with Crippen molar-refractivity contribution in [1.82, 2.24) is 10.2 Å². The van der Waals surface area contributed by atoms with E-state index in [4.69, 9.17) is 11.6 Å². The van der Waals surface area contributed by atoms with E-state index in [1.54, 1.807) is 0 Å². The van der Waals surface area contributed by atoms with Gasteiger partial charge in [0.15, 0.2) is 0 Å². The molecule has 1 amide bonds. The van der Waals surface area contributed by atoms with Crippen molar-refractivity contribution in [3.63, 3.8) is 0 Å². The molecule has 0 unspecified atom stereocenters. The van der Waals surface area contributed by atoms with Crippen LogP contribution < -0.4 is 5.32 Å². The van der Waals surface area contributed by atoms with E-state index in [9.17, 15) is 4.79 Å². The van der Waals surface area contributed by atoms with Gasteiger partial charge in [-0.2, -0.15) is 0 Å². The van der Waals surface area contributed by atoms with Crippen LogP contribution in [0.1, 0.15) is 10.4 Å². The summed E-state index contributed by atoms with van der Waals surface area (Å²) in [5.74, 6) is 1.24. The zero-order valence-electron chi connectivity index (χ0n) is 13.2. The Morgan fingerprint density at radius 1 is 1.00 bits per heavy atom. The van der Waals surface area contributed by atoms with Gasteiger partial charge in [-0.05, 0) is 35.1 Å². The quantitative estimate of drug-likeness (QED) is 0.882. The van der Waals surface area contributed by atoms with Crippen molar-refractivity contribution >= 4 is 29.9 Å². The molecule has 24 heavy (non-hydrogen) atoms. The van der Waals surface area contributed by atoms with Crippen LogP contribution in [0.2, 0.25) is 5.02 Å². The van der Waals surface area contributed by atoms with Crippen LogP contribution in [0.5, 0.6) is 0 Å². The van der Waals surface area contributed by atoms with Gasteiger partial charge in [0.05, 0.1) is 10.6 Å². The Labute approximate surface area is 153 Å². The maximum Gasteiger partial charge on any atom is 0.255 e. The first-order chi connectivity index (χ1) is 11.2. The van der Waals surface area contributed by atoms with Gasteiger partial charge >= 0.3 is 0 Å². The highest BCUT2D eigenvalue weighted by Crippen LogP contribution is 2.30. The molecule has 4 rings (SSSR count). The molecule has 0 radical (unpaired) electrons. The molecule has 1 N–H and O–H groups in total. The Bertz CT molecular complexity index is 723. The van der Waals surface area contributed by atoms with Gasteiger partial charge in [-0.1, -0.05) is 48.0 Å². The average molecular weight is 363 g/mol. The number of hydrogen-bond acceptors (Lipinski definition) is 2. The van der Waals surface area contributed by atoms with Gasteiger partial charge in [0, 0.05) is 26.2 Å². The molecule has 3 nitrogen and oxygen atoms in total. The lowest BCUT2D eigenvalue weighted by atomic mass is 10.0. The average Bonchev–Trinajstić information content (AvgIpc) is 3.17. The SMILES string of the molecule is Cl.O=C(c1cc(-c2ccccc2)ccc1Cl)N1C[C@H]2CNC[C@H]2C1. The minimum absolute atomic E-state index is 0. The third-order valence-electron chi connectivity index (χ3n) is 4.98. The summed E-state index contributed by atoms with van der Waals surface area (Å²) < 4.78 is 0. The topological polar surface area (TPSA) is 32.3 Å². The van der Waals surface area contributed by atoms with Crippen LogP contribution in [0, 0.1) is 11.8 Å². The van der Waals surface area contributed by atoms with Crippen molar-refractivity contribution < 1.29 is 4.79 Å². The summed E-state index contributed by atoms with van der Waals surface area (Å²) >= 11 is 6.32. The van der Waals surface area contributed by atoms with Gasteiger partial charge in [-0.15, -0.1) is 12.4 Å². The van der Waals surface area contributed by atoms with Gasteiger partial charge < -0.3 is 10.2 Å². The zero-order chi connectivity index (χ0) is 15.8. The van der Waals surface area contributed by atoms with E-state index in [1.165, 1.54) is 0 Å². The number of nitrogens with one attached hydrogen (secondary N) is 1. The first kappa shape index (κ1) is 17.3. The number of carbonyl (C=O) groups is 1. The Kier molecular flexibility index (Phi) is 5.14. The molecule has 2 saturated heterocycles. The van der Waals surface area contributed by atoms with E-state index in [-0.39, 0.29) is 18.3 Å². The number of amides is 1. The maximum absolute atomic E-state index is 12.9. The number of halogens is 2. The molecule has 0 spiro atoms. The van der Waals surface area contributed by atoms with E-state index in [0.717, 1.165) is 37.3 Å². The van der Waals surface area contributed by atoms with Crippen LogP contribution in [-0.2, 0) is 0 Å². The number of benzene rings is 2. The fraction of sp³-hybridized carbons (Fsp3) is 0.316. The van der Waals surface area contributed by atoms with Crippen molar-refractivity contribution in [2.24, 2.45) is 11.8 Å². The van der Waals surface area contributed by atoms with Crippen LogP contribution in [-0.4, -0.2) is 37.0 Å². The fourth-order valence-corrected chi connectivity index (χ4v) is 3.89. The third kappa shape index (κ3) is 3.16. The van der Waals surface area contributed by atoms with E-state index < -0.39 is 0 Å². The van der Waals surface area contributed by atoms with Crippen molar-refractivity contribution in [2.75, 3.05) is 26.2 Å². The summed E-state index contributed by atoms with van der Waals surface area (Å²) in [6, 6.07) is 15.8. The second-order valence-corrected chi connectivity index (χ2v) is 6.86. The lowest BCUT2D eigenvalue weighted by Gasteiger charge is -2.19. The number of nitrogens with zero attached hydrogens (tertiary/aromatic N) is 1. The predicted molar refractivity (Wildman–Crippen MR) is 99.9 cm³/mol. The number of carbonyl (C=O) groups excluding carboxylic acids is 1. The molecule has 0 aromatic heterocycles. The Morgan fingerprint density at radius 2 is 1.67 bits per heavy atom. The molecule has 5 heteroatoms. The minimum Gasteiger partial charge on any atom is -0.338 e. The highest BCUT2D eigenvalue weighted by atomic mass is 35.5. The summed E-state index contributed by atoms with van der Waals surface area (Å²) in [7, 11) is 0. The number of likely N-dealkylation sites (tertiary alicyclic amines) is 1. The Morgan fingerprint density at radius 3 is 2.33 bits per heavy atom. The summed E-state index contributed by atoms with van der Waals surface area (Å²) in [4.78, 5) is 14.9. The van der Waals surface area contributed by atoms with Crippen LogP contribution >= 0.6 is 24.0 Å². The Balaban J connectivity index is 0.00000169. The molecule has 2 fully saturated rings. The number of rotatable bonds is 2. The molecule has 2 aromatic carbocycles. The zero-order valence-corrected chi connectivity index (χ0v) is 14.8. The molecule has 0 saturated carbocycles. The molecule has 2 heterocycles. The van der Waals surface area contributed by atoms with E-state index >= 15 is 0 Å². The van der Waals surface area contributed by atoms with Gasteiger partial charge in [0.1, 0.15) is 0 Å². The maximum atomic E-state index is 12.9. The lowest BCUT2D eigenvalue weighted by Crippen LogP contribution is -2.32. The number of hydrogen-bond donors (Lipinski definition) is 1. The van der Waals surface area contributed by atoms with Crippen LogP contribution in [0.3, 0.4) is 0 Å². The molecule has 2 aliphatic heterocycles. The fourth-order valence-electron chi connectivity index (χ4n) is 3.69. The van der Waals surface area contributed by atoms with Crippen LogP contribution in [0.4, 0.5) is 0 Å². The van der Waals surface area contributed by atoms with E-state index in [0.29, 0.717) is 22.4 Å². The van der Waals surface area contributed by atoms with Crippen LogP contribution in [0.25, 0.3) is 11.1 Å². The van der Waals surface area contributed by atoms with E-state index in [2.05, 4.69) is 5.32 Å². The molecule has 0 bridgehead atoms. The van der Waals surface area contributed by atoms with Gasteiger partial charge in [0.2, 0.25) is 0 Å². The Hall–Kier alpha value is -1.55. The second-order valence-electron chi connectivity index (χ2n) is 6.45. The lowest BCUT2D eigenvalue weighted by molar-refractivity contribution is 0.0782. The molecule has 0 aliphatic carbocycles. The van der Waals surface area contributed by atoms with Crippen LogP contribution in [0.15, 0.2) is 48.5 Å². The second kappa shape index (κ2) is 7.14. The minimum atomic E-state index is 0. The first-order valence-electron chi connectivity index (χ1n) is 8.07. The van der Waals surface area contributed by atoms with Crippen molar-refractivity contribution in [2.45, 2.75) is 0 Å². The highest BCUT2D eigenvalue weighted by Gasteiger charge is 2.38. The summed E-state index contributed by atoms with van der Waals surface area (Å²) in [6.07, 6.45) is 0. The smallest absolute Gasteiger partial charge is 0.255 e. The third-order valence-corrected chi connectivity index (χ3v) is 5.31. The molecule has 2 aromatic rings. The van der Waals surface area contributed by atoms with Gasteiger partial charge in [0.25, 0.3) is 5.91 Å². The standard InChI is InChI=1S/C19H19ClN2O.ClH/c20-18-7-6-14(13-4-2-1-3-5-13)8-17(18)19(23)22-11-15-9-21-10-16(15)12-22;/h1-8,15-16,21H,9-12H2;1H/t15-,16+;. The molecule has 126 valence electrons. The summed E-state index contributed by atoms with van der Waals surface area (Å²) in [5, 5.41) is 3.93. The van der Waals surface area contributed by atoms with E-state index in [1.807, 2.05) is 53.4 Å². The first-order valence-corrected chi connectivity index (χ1v) is 8.45. The molecular weight excluding hydrogens is 343 g/mol. The summed E-state index contributed by atoms with van der Waals surface area (Å²) in [6.45, 7) is 3.71. The van der Waals surface area contributed by atoms with Crippen molar-refractivity contribution in [1.29, 1.82) is 0 Å². The van der Waals surface area contributed by atoms with Crippen molar-refractivity contribution in [3.05, 3.63) is 59.1 Å². The monoisotopic (exact) mass is 362 g/mol.